The van der Waals surface area contributed by atoms with Crippen LogP contribution in [0.15, 0.2) is 0 Å². The zero-order chi connectivity index (χ0) is 10.4. The highest BCUT2D eigenvalue weighted by molar-refractivity contribution is 5.81. The van der Waals surface area contributed by atoms with Crippen LogP contribution >= 0.6 is 0 Å². The Morgan fingerprint density at radius 1 is 1.46 bits per heavy atom. The van der Waals surface area contributed by atoms with Gasteiger partial charge in [-0.3, -0.25) is 4.79 Å². The van der Waals surface area contributed by atoms with Crippen molar-refractivity contribution in [2.75, 3.05) is 6.61 Å². The zero-order valence-electron chi connectivity index (χ0n) is 7.14. The minimum absolute atomic E-state index is 0.276. The van der Waals surface area contributed by atoms with Crippen molar-refractivity contribution in [3.8, 4) is 0 Å². The van der Waals surface area contributed by atoms with E-state index in [2.05, 4.69) is 4.74 Å². The van der Waals surface area contributed by atoms with E-state index in [1.807, 2.05) is 0 Å². The number of hydrogen-bond donors (Lipinski definition) is 3. The van der Waals surface area contributed by atoms with E-state index in [4.69, 9.17) is 15.3 Å². The second kappa shape index (κ2) is 5.50. The lowest BCUT2D eigenvalue weighted by atomic mass is 10.0. The Bertz CT molecular complexity index is 189. The van der Waals surface area contributed by atoms with Gasteiger partial charge in [-0.15, -0.1) is 0 Å². The van der Waals surface area contributed by atoms with E-state index in [0.717, 1.165) is 0 Å². The van der Waals surface area contributed by atoms with Crippen LogP contribution in [-0.4, -0.2) is 40.2 Å². The van der Waals surface area contributed by atoms with Crippen LogP contribution in [0.3, 0.4) is 0 Å². The van der Waals surface area contributed by atoms with Crippen molar-refractivity contribution in [1.82, 2.24) is 0 Å². The molecule has 0 spiro atoms. The zero-order valence-corrected chi connectivity index (χ0v) is 7.14. The number of carbonyl (C=O) groups is 2. The molecule has 0 aromatic carbocycles. The van der Waals surface area contributed by atoms with Gasteiger partial charge in [0.2, 0.25) is 0 Å². The van der Waals surface area contributed by atoms with E-state index < -0.39 is 30.6 Å². The molecule has 0 bridgehead atoms. The fourth-order valence-electron chi connectivity index (χ4n) is 0.633. The molecule has 0 aliphatic rings. The van der Waals surface area contributed by atoms with Crippen LogP contribution in [0.4, 0.5) is 4.79 Å². The summed E-state index contributed by atoms with van der Waals surface area (Å²) in [5.41, 5.74) is 0. The van der Waals surface area contributed by atoms with E-state index in [1.165, 1.54) is 6.92 Å². The van der Waals surface area contributed by atoms with Gasteiger partial charge in [0.1, 0.15) is 0 Å². The van der Waals surface area contributed by atoms with Gasteiger partial charge in [0.15, 0.2) is 0 Å². The average Bonchev–Trinajstić information content (AvgIpc) is 2.01. The van der Waals surface area contributed by atoms with Crippen LogP contribution < -0.4 is 0 Å². The summed E-state index contributed by atoms with van der Waals surface area (Å²) in [5, 5.41) is 25.7. The van der Waals surface area contributed by atoms with Crippen molar-refractivity contribution in [2.45, 2.75) is 19.4 Å². The number of esters is 1. The number of ether oxygens (including phenoxy) is 1. The molecule has 0 heterocycles. The molecular formula is C7H12O6. The minimum atomic E-state index is -1.70. The Labute approximate surface area is 74.7 Å². The van der Waals surface area contributed by atoms with Crippen LogP contribution in [0, 0.1) is 5.92 Å². The lowest BCUT2D eigenvalue weighted by Gasteiger charge is -2.14. The highest BCUT2D eigenvalue weighted by atomic mass is 16.7. The fourth-order valence-corrected chi connectivity index (χ4v) is 0.633. The molecule has 0 aromatic heterocycles. The molecule has 3 N–H and O–H groups in total. The van der Waals surface area contributed by atoms with Crippen LogP contribution in [0.25, 0.3) is 0 Å². The van der Waals surface area contributed by atoms with Crippen molar-refractivity contribution in [2.24, 2.45) is 5.92 Å². The maximum atomic E-state index is 10.6. The van der Waals surface area contributed by atoms with Crippen LogP contribution in [0.5, 0.6) is 0 Å². The van der Waals surface area contributed by atoms with Crippen molar-refractivity contribution in [3.63, 3.8) is 0 Å². The van der Waals surface area contributed by atoms with E-state index >= 15 is 0 Å². The topological polar surface area (TPSA) is 104 Å². The molecule has 0 rings (SSSR count). The molecule has 6 nitrogen and oxygen atoms in total. The first kappa shape index (κ1) is 11.9. The molecule has 0 aromatic rings. The van der Waals surface area contributed by atoms with E-state index in [0.29, 0.717) is 0 Å². The molecule has 0 aliphatic carbocycles. The van der Waals surface area contributed by atoms with Crippen LogP contribution in [0.2, 0.25) is 0 Å². The van der Waals surface area contributed by atoms with E-state index in [9.17, 15) is 9.59 Å². The third-order valence-electron chi connectivity index (χ3n) is 1.52. The van der Waals surface area contributed by atoms with Gasteiger partial charge in [-0.25, -0.2) is 4.79 Å². The van der Waals surface area contributed by atoms with Crippen LogP contribution in [0.1, 0.15) is 13.3 Å². The summed E-state index contributed by atoms with van der Waals surface area (Å²) in [4.78, 5) is 20.5. The monoisotopic (exact) mass is 192 g/mol. The number of carboxylic acid groups (broad SMARTS) is 1. The molecule has 2 atom stereocenters. The normalized spacial score (nSPS) is 14.7. The SMILES string of the molecule is CC(CO)C(O)CC(=O)OC(=O)O. The van der Waals surface area contributed by atoms with Crippen LogP contribution in [-0.2, 0) is 9.53 Å². The average molecular weight is 192 g/mol. The van der Waals surface area contributed by atoms with Gasteiger partial charge in [0.05, 0.1) is 12.5 Å². The molecule has 0 radical (unpaired) electrons. The van der Waals surface area contributed by atoms with E-state index in [-0.39, 0.29) is 6.61 Å². The maximum absolute atomic E-state index is 10.6. The Kier molecular flexibility index (Phi) is 5.01. The first-order valence-corrected chi connectivity index (χ1v) is 3.70. The van der Waals surface area contributed by atoms with Gasteiger partial charge in [0.25, 0.3) is 0 Å². The number of aliphatic hydroxyl groups excluding tert-OH is 2. The summed E-state index contributed by atoms with van der Waals surface area (Å²) in [5.74, 6) is -1.51. The number of aliphatic hydroxyl groups is 2. The number of carbonyl (C=O) groups excluding carboxylic acids is 1. The first-order chi connectivity index (χ1) is 5.97. The Balaban J connectivity index is 3.84. The lowest BCUT2D eigenvalue weighted by molar-refractivity contribution is -0.142. The quantitative estimate of drug-likeness (QED) is 0.413. The third-order valence-corrected chi connectivity index (χ3v) is 1.52. The van der Waals surface area contributed by atoms with Crippen molar-refractivity contribution >= 4 is 12.1 Å². The van der Waals surface area contributed by atoms with Gasteiger partial charge in [-0.1, -0.05) is 6.92 Å². The lowest BCUT2D eigenvalue weighted by Crippen LogP contribution is -2.25. The first-order valence-electron chi connectivity index (χ1n) is 3.70. The second-order valence-corrected chi connectivity index (χ2v) is 2.67. The van der Waals surface area contributed by atoms with Gasteiger partial charge in [0, 0.05) is 12.5 Å². The van der Waals surface area contributed by atoms with Gasteiger partial charge in [-0.05, 0) is 0 Å². The molecule has 76 valence electrons. The van der Waals surface area contributed by atoms with Crippen molar-refractivity contribution in [3.05, 3.63) is 0 Å². The Hall–Kier alpha value is -1.14. The summed E-state index contributed by atoms with van der Waals surface area (Å²) < 4.78 is 3.75. The summed E-state index contributed by atoms with van der Waals surface area (Å²) in [7, 11) is 0. The highest BCUT2D eigenvalue weighted by Crippen LogP contribution is 2.06. The Morgan fingerprint density at radius 3 is 2.38 bits per heavy atom. The number of hydrogen-bond acceptors (Lipinski definition) is 5. The van der Waals surface area contributed by atoms with E-state index in [1.54, 1.807) is 0 Å². The maximum Gasteiger partial charge on any atom is 0.513 e. The molecule has 6 heteroatoms. The predicted octanol–water partition coefficient (Wildman–Crippen LogP) is -0.413. The molecule has 0 amide bonds. The molecule has 0 aliphatic heterocycles. The minimum Gasteiger partial charge on any atom is -0.449 e. The molecule has 0 fully saturated rings. The van der Waals surface area contributed by atoms with Crippen molar-refractivity contribution < 1.29 is 29.6 Å². The Morgan fingerprint density at radius 2 is 2.00 bits per heavy atom. The standard InChI is InChI=1S/C7H12O6/c1-4(3-8)5(9)2-6(10)13-7(11)12/h4-5,8-9H,2-3H2,1H3,(H,11,12). The molecule has 0 saturated carbocycles. The molecule has 2 unspecified atom stereocenters. The third kappa shape index (κ3) is 5.15. The summed E-state index contributed by atoms with van der Waals surface area (Å²) >= 11 is 0. The molecular weight excluding hydrogens is 180 g/mol. The predicted molar refractivity (Wildman–Crippen MR) is 41.0 cm³/mol. The summed E-state index contributed by atoms with van der Waals surface area (Å²) in [6, 6.07) is 0. The highest BCUT2D eigenvalue weighted by Gasteiger charge is 2.19. The summed E-state index contributed by atoms with van der Waals surface area (Å²) in [6.45, 7) is 1.25. The number of rotatable bonds is 4. The fraction of sp³-hybridized carbons (Fsp3) is 0.714. The van der Waals surface area contributed by atoms with Gasteiger partial charge in [-0.2, -0.15) is 0 Å². The summed E-state index contributed by atoms with van der Waals surface area (Å²) in [6.07, 6.45) is -3.22. The van der Waals surface area contributed by atoms with Gasteiger partial charge < -0.3 is 20.1 Å². The van der Waals surface area contributed by atoms with Gasteiger partial charge >= 0.3 is 12.1 Å². The van der Waals surface area contributed by atoms with Crippen molar-refractivity contribution in [1.29, 1.82) is 0 Å². The molecule has 13 heavy (non-hydrogen) atoms. The molecule has 0 saturated heterocycles. The smallest absolute Gasteiger partial charge is 0.449 e. The largest absolute Gasteiger partial charge is 0.513 e. The second-order valence-electron chi connectivity index (χ2n) is 2.67.